The van der Waals surface area contributed by atoms with E-state index >= 15 is 0 Å². The van der Waals surface area contributed by atoms with E-state index < -0.39 is 0 Å². The average Bonchev–Trinajstić information content (AvgIpc) is 2.82. The smallest absolute Gasteiger partial charge is 0.254 e. The number of aromatic amines is 1. The molecule has 1 aromatic heterocycles. The molecular formula is C23H28N4O4. The van der Waals surface area contributed by atoms with E-state index in [2.05, 4.69) is 4.98 Å². The number of piperidine rings is 1. The standard InChI is InChI=1S/C23H28N4O4/c1-3-20(28)26-12-10-17-18(14-26)24-21(25-22(17)29)19-9-4-5-11-27(19)23(30)15-7-6-8-16(13-15)31-2/h6-8,13,19H,3-5,9-12,14H2,1-2H3,(H,24,25,29)/t19-/m0/s1. The molecule has 1 N–H and O–H groups in total. The van der Waals surface area contributed by atoms with Crippen LogP contribution in [0.1, 0.15) is 66.1 Å². The largest absolute Gasteiger partial charge is 0.497 e. The number of hydrogen-bond acceptors (Lipinski definition) is 5. The molecule has 8 heteroatoms. The summed E-state index contributed by atoms with van der Waals surface area (Å²) < 4.78 is 5.26. The van der Waals surface area contributed by atoms with E-state index in [1.54, 1.807) is 41.2 Å². The van der Waals surface area contributed by atoms with E-state index in [1.807, 2.05) is 6.92 Å². The lowest BCUT2D eigenvalue weighted by molar-refractivity contribution is -0.131. The van der Waals surface area contributed by atoms with Crippen molar-refractivity contribution in [3.8, 4) is 5.75 Å². The number of rotatable bonds is 4. The second-order valence-corrected chi connectivity index (χ2v) is 8.04. The van der Waals surface area contributed by atoms with Gasteiger partial charge in [-0.2, -0.15) is 0 Å². The van der Waals surface area contributed by atoms with Crippen molar-refractivity contribution in [1.82, 2.24) is 19.8 Å². The molecule has 2 aliphatic heterocycles. The molecule has 2 aromatic rings. The Morgan fingerprint density at radius 1 is 1.26 bits per heavy atom. The van der Waals surface area contributed by atoms with Gasteiger partial charge in [0, 0.05) is 30.6 Å². The van der Waals surface area contributed by atoms with Crippen molar-refractivity contribution < 1.29 is 14.3 Å². The fraction of sp³-hybridized carbons (Fsp3) is 0.478. The van der Waals surface area contributed by atoms with Gasteiger partial charge in [0.1, 0.15) is 11.6 Å². The molecule has 1 fully saturated rings. The van der Waals surface area contributed by atoms with Crippen molar-refractivity contribution in [1.29, 1.82) is 0 Å². The fourth-order valence-corrected chi connectivity index (χ4v) is 4.43. The molecule has 2 aliphatic rings. The molecule has 1 atom stereocenters. The number of amides is 2. The van der Waals surface area contributed by atoms with Gasteiger partial charge >= 0.3 is 0 Å². The summed E-state index contributed by atoms with van der Waals surface area (Å²) in [6.45, 7) is 3.31. The Kier molecular flexibility index (Phi) is 6.06. The predicted octanol–water partition coefficient (Wildman–Crippen LogP) is 2.44. The maximum atomic E-state index is 13.3. The van der Waals surface area contributed by atoms with Crippen LogP contribution in [0.25, 0.3) is 0 Å². The third-order valence-corrected chi connectivity index (χ3v) is 6.14. The van der Waals surface area contributed by atoms with E-state index in [0.717, 1.165) is 19.3 Å². The first-order chi connectivity index (χ1) is 15.0. The van der Waals surface area contributed by atoms with Gasteiger partial charge in [-0.05, 0) is 43.9 Å². The lowest BCUT2D eigenvalue weighted by atomic mass is 9.99. The Hall–Kier alpha value is -3.16. The summed E-state index contributed by atoms with van der Waals surface area (Å²) in [5.41, 5.74) is 1.67. The molecule has 1 aromatic carbocycles. The Bertz CT molecular complexity index is 1050. The van der Waals surface area contributed by atoms with Crippen LogP contribution in [0.5, 0.6) is 5.75 Å². The fourth-order valence-electron chi connectivity index (χ4n) is 4.43. The number of methoxy groups -OCH3 is 1. The highest BCUT2D eigenvalue weighted by atomic mass is 16.5. The molecule has 1 saturated heterocycles. The van der Waals surface area contributed by atoms with Crippen LogP contribution in [0.4, 0.5) is 0 Å². The van der Waals surface area contributed by atoms with E-state index in [4.69, 9.17) is 9.72 Å². The Morgan fingerprint density at radius 3 is 2.87 bits per heavy atom. The van der Waals surface area contributed by atoms with Gasteiger partial charge in [0.05, 0.1) is 25.4 Å². The van der Waals surface area contributed by atoms with Crippen LogP contribution in [-0.2, 0) is 17.8 Å². The molecule has 2 amide bonds. The molecule has 0 spiro atoms. The predicted molar refractivity (Wildman–Crippen MR) is 115 cm³/mol. The number of fused-ring (bicyclic) bond motifs is 1. The molecule has 0 unspecified atom stereocenters. The van der Waals surface area contributed by atoms with Gasteiger partial charge in [0.15, 0.2) is 0 Å². The summed E-state index contributed by atoms with van der Waals surface area (Å²) in [6, 6.07) is 6.79. The number of benzene rings is 1. The van der Waals surface area contributed by atoms with Gasteiger partial charge in [0.2, 0.25) is 5.91 Å². The van der Waals surface area contributed by atoms with Crippen LogP contribution >= 0.6 is 0 Å². The minimum Gasteiger partial charge on any atom is -0.497 e. The number of carbonyl (C=O) groups is 2. The quantitative estimate of drug-likeness (QED) is 0.813. The van der Waals surface area contributed by atoms with Crippen LogP contribution in [0, 0.1) is 0 Å². The number of H-pyrrole nitrogens is 1. The first-order valence-electron chi connectivity index (χ1n) is 10.9. The van der Waals surface area contributed by atoms with Gasteiger partial charge in [-0.1, -0.05) is 13.0 Å². The third-order valence-electron chi connectivity index (χ3n) is 6.14. The van der Waals surface area contributed by atoms with Gasteiger partial charge in [0.25, 0.3) is 11.5 Å². The Balaban J connectivity index is 1.65. The molecule has 0 saturated carbocycles. The van der Waals surface area contributed by atoms with E-state index in [-0.39, 0.29) is 23.4 Å². The van der Waals surface area contributed by atoms with Crippen LogP contribution in [0.15, 0.2) is 29.1 Å². The Labute approximate surface area is 181 Å². The van der Waals surface area contributed by atoms with Crippen LogP contribution in [0.3, 0.4) is 0 Å². The highest BCUT2D eigenvalue weighted by molar-refractivity contribution is 5.95. The van der Waals surface area contributed by atoms with Gasteiger partial charge in [-0.15, -0.1) is 0 Å². The number of nitrogens with zero attached hydrogens (tertiary/aromatic N) is 3. The second-order valence-electron chi connectivity index (χ2n) is 8.04. The third kappa shape index (κ3) is 4.19. The molecule has 0 aliphatic carbocycles. The average molecular weight is 425 g/mol. The minimum absolute atomic E-state index is 0.0572. The molecule has 0 radical (unpaired) electrons. The first kappa shape index (κ1) is 21.1. The molecule has 3 heterocycles. The van der Waals surface area contributed by atoms with Crippen molar-refractivity contribution in [2.45, 2.75) is 51.6 Å². The number of likely N-dealkylation sites (tertiary alicyclic amines) is 1. The summed E-state index contributed by atoms with van der Waals surface area (Å²) in [5, 5.41) is 0. The van der Waals surface area contributed by atoms with Gasteiger partial charge in [-0.25, -0.2) is 4.98 Å². The Morgan fingerprint density at radius 2 is 2.10 bits per heavy atom. The maximum absolute atomic E-state index is 13.3. The normalized spacial score (nSPS) is 18.5. The minimum atomic E-state index is -0.303. The first-order valence-corrected chi connectivity index (χ1v) is 10.9. The monoisotopic (exact) mass is 424 g/mol. The molecule has 4 rings (SSSR count). The van der Waals surface area contributed by atoms with Gasteiger partial charge < -0.3 is 19.5 Å². The van der Waals surface area contributed by atoms with E-state index in [9.17, 15) is 14.4 Å². The van der Waals surface area contributed by atoms with E-state index in [1.165, 1.54) is 0 Å². The van der Waals surface area contributed by atoms with Crippen LogP contribution in [-0.4, -0.2) is 51.8 Å². The van der Waals surface area contributed by atoms with Crippen molar-refractivity contribution in [2.24, 2.45) is 0 Å². The number of ether oxygens (including phenoxy) is 1. The number of nitrogens with one attached hydrogen (secondary N) is 1. The lowest BCUT2D eigenvalue weighted by Crippen LogP contribution is -2.42. The van der Waals surface area contributed by atoms with Crippen molar-refractivity contribution in [3.05, 3.63) is 57.3 Å². The topological polar surface area (TPSA) is 95.6 Å². The second kappa shape index (κ2) is 8.91. The zero-order valence-electron chi connectivity index (χ0n) is 18.0. The van der Waals surface area contributed by atoms with Crippen molar-refractivity contribution in [2.75, 3.05) is 20.2 Å². The van der Waals surface area contributed by atoms with Gasteiger partial charge in [-0.3, -0.25) is 14.4 Å². The molecule has 8 nitrogen and oxygen atoms in total. The summed E-state index contributed by atoms with van der Waals surface area (Å²) >= 11 is 0. The highest BCUT2D eigenvalue weighted by Gasteiger charge is 2.32. The van der Waals surface area contributed by atoms with E-state index in [0.29, 0.717) is 60.9 Å². The highest BCUT2D eigenvalue weighted by Crippen LogP contribution is 2.31. The molecular weight excluding hydrogens is 396 g/mol. The van der Waals surface area contributed by atoms with Crippen LogP contribution in [0.2, 0.25) is 0 Å². The SMILES string of the molecule is CCC(=O)N1CCc2c(nc([C@@H]3CCCCN3C(=O)c3cccc(OC)c3)[nH]c2=O)C1. The molecule has 164 valence electrons. The number of hydrogen-bond donors (Lipinski definition) is 1. The molecule has 31 heavy (non-hydrogen) atoms. The maximum Gasteiger partial charge on any atom is 0.254 e. The molecule has 0 bridgehead atoms. The van der Waals surface area contributed by atoms with Crippen molar-refractivity contribution >= 4 is 11.8 Å². The van der Waals surface area contributed by atoms with Crippen LogP contribution < -0.4 is 10.3 Å². The summed E-state index contributed by atoms with van der Waals surface area (Å²) in [7, 11) is 1.57. The summed E-state index contributed by atoms with van der Waals surface area (Å²) in [4.78, 5) is 49.5. The summed E-state index contributed by atoms with van der Waals surface area (Å²) in [6.07, 6.45) is 3.51. The number of aromatic nitrogens is 2. The zero-order chi connectivity index (χ0) is 22.0. The summed E-state index contributed by atoms with van der Waals surface area (Å²) in [5.74, 6) is 1.08. The van der Waals surface area contributed by atoms with Crippen molar-refractivity contribution in [3.63, 3.8) is 0 Å². The number of carbonyl (C=O) groups excluding carboxylic acids is 2. The zero-order valence-corrected chi connectivity index (χ0v) is 18.0. The lowest BCUT2D eigenvalue weighted by Gasteiger charge is -2.36.